The predicted molar refractivity (Wildman–Crippen MR) is 86.7 cm³/mol. The third-order valence-corrected chi connectivity index (χ3v) is 3.06. The SMILES string of the molecule is COc1cc(C(=O)OCCl)c(NC(=O)OC(C)(C)C)cc1Br. The van der Waals surface area contributed by atoms with Crippen molar-refractivity contribution in [3.63, 3.8) is 0 Å². The van der Waals surface area contributed by atoms with Crippen molar-refractivity contribution < 1.29 is 23.8 Å². The van der Waals surface area contributed by atoms with E-state index < -0.39 is 17.7 Å². The van der Waals surface area contributed by atoms with E-state index in [1.807, 2.05) is 0 Å². The monoisotopic (exact) mass is 393 g/mol. The van der Waals surface area contributed by atoms with E-state index in [4.69, 9.17) is 25.8 Å². The van der Waals surface area contributed by atoms with Gasteiger partial charge in [0.25, 0.3) is 0 Å². The number of anilines is 1. The van der Waals surface area contributed by atoms with Crippen LogP contribution in [0.15, 0.2) is 16.6 Å². The molecule has 0 aromatic heterocycles. The Morgan fingerprint density at radius 2 is 1.95 bits per heavy atom. The van der Waals surface area contributed by atoms with Crippen molar-refractivity contribution in [3.05, 3.63) is 22.2 Å². The van der Waals surface area contributed by atoms with Gasteiger partial charge in [-0.3, -0.25) is 5.32 Å². The van der Waals surface area contributed by atoms with E-state index in [0.29, 0.717) is 10.2 Å². The Morgan fingerprint density at radius 1 is 1.32 bits per heavy atom. The maximum atomic E-state index is 11.9. The number of ether oxygens (including phenoxy) is 3. The molecule has 22 heavy (non-hydrogen) atoms. The van der Waals surface area contributed by atoms with Crippen molar-refractivity contribution in [2.75, 3.05) is 18.5 Å². The zero-order chi connectivity index (χ0) is 16.9. The van der Waals surface area contributed by atoms with Crippen LogP contribution in [0.25, 0.3) is 0 Å². The Kier molecular flexibility index (Phi) is 6.49. The zero-order valence-electron chi connectivity index (χ0n) is 12.7. The van der Waals surface area contributed by atoms with Gasteiger partial charge < -0.3 is 14.2 Å². The highest BCUT2D eigenvalue weighted by molar-refractivity contribution is 9.10. The van der Waals surface area contributed by atoms with Crippen LogP contribution in [0.4, 0.5) is 10.5 Å². The van der Waals surface area contributed by atoms with E-state index >= 15 is 0 Å². The van der Waals surface area contributed by atoms with Crippen LogP contribution in [-0.2, 0) is 9.47 Å². The van der Waals surface area contributed by atoms with Crippen LogP contribution in [0.2, 0.25) is 0 Å². The molecule has 1 aromatic rings. The molecule has 6 nitrogen and oxygen atoms in total. The van der Waals surface area contributed by atoms with Crippen LogP contribution in [-0.4, -0.2) is 30.8 Å². The Bertz CT molecular complexity index is 571. The number of benzene rings is 1. The van der Waals surface area contributed by atoms with Crippen molar-refractivity contribution in [1.29, 1.82) is 0 Å². The van der Waals surface area contributed by atoms with Gasteiger partial charge in [-0.25, -0.2) is 9.59 Å². The lowest BCUT2D eigenvalue weighted by atomic mass is 10.1. The molecule has 0 radical (unpaired) electrons. The Morgan fingerprint density at radius 3 is 2.45 bits per heavy atom. The molecule has 0 unspecified atom stereocenters. The molecule has 0 saturated carbocycles. The van der Waals surface area contributed by atoms with Crippen molar-refractivity contribution in [3.8, 4) is 5.75 Å². The molecular formula is C14H17BrClNO5. The summed E-state index contributed by atoms with van der Waals surface area (Å²) in [5, 5.41) is 2.51. The van der Waals surface area contributed by atoms with Crippen molar-refractivity contribution in [2.24, 2.45) is 0 Å². The maximum absolute atomic E-state index is 11.9. The highest BCUT2D eigenvalue weighted by Crippen LogP contribution is 2.32. The summed E-state index contributed by atoms with van der Waals surface area (Å²) >= 11 is 8.69. The summed E-state index contributed by atoms with van der Waals surface area (Å²) in [5.74, 6) is -0.275. The van der Waals surface area contributed by atoms with Crippen LogP contribution in [0.3, 0.4) is 0 Å². The third kappa shape index (κ3) is 5.38. The highest BCUT2D eigenvalue weighted by atomic mass is 79.9. The minimum absolute atomic E-state index is 0.103. The minimum atomic E-state index is -0.690. The normalized spacial score (nSPS) is 10.8. The van der Waals surface area contributed by atoms with Gasteiger partial charge in [0.15, 0.2) is 6.07 Å². The first-order valence-corrected chi connectivity index (χ1v) is 7.61. The van der Waals surface area contributed by atoms with Crippen molar-refractivity contribution in [1.82, 2.24) is 0 Å². The second-order valence-electron chi connectivity index (χ2n) is 5.20. The number of rotatable bonds is 4. The first kappa shape index (κ1) is 18.6. The van der Waals surface area contributed by atoms with Crippen LogP contribution >= 0.6 is 27.5 Å². The minimum Gasteiger partial charge on any atom is -0.496 e. The number of amides is 1. The van der Waals surface area contributed by atoms with E-state index in [-0.39, 0.29) is 17.3 Å². The lowest BCUT2D eigenvalue weighted by molar-refractivity contribution is 0.0575. The average Bonchev–Trinajstić information content (AvgIpc) is 2.36. The number of halogens is 2. The number of methoxy groups -OCH3 is 1. The molecule has 1 amide bonds. The molecule has 0 aliphatic rings. The molecule has 122 valence electrons. The van der Waals surface area contributed by atoms with Gasteiger partial charge in [-0.2, -0.15) is 0 Å². The highest BCUT2D eigenvalue weighted by Gasteiger charge is 2.21. The molecular weight excluding hydrogens is 378 g/mol. The molecule has 0 spiro atoms. The van der Waals surface area contributed by atoms with E-state index in [1.165, 1.54) is 19.2 Å². The van der Waals surface area contributed by atoms with Crippen LogP contribution in [0.1, 0.15) is 31.1 Å². The fraction of sp³-hybridized carbons (Fsp3) is 0.429. The Labute approximate surface area is 142 Å². The van der Waals surface area contributed by atoms with Gasteiger partial charge >= 0.3 is 12.1 Å². The van der Waals surface area contributed by atoms with Crippen molar-refractivity contribution >= 4 is 45.3 Å². The molecule has 0 bridgehead atoms. The summed E-state index contributed by atoms with van der Waals surface area (Å²) in [4.78, 5) is 23.8. The fourth-order valence-corrected chi connectivity index (χ4v) is 2.13. The number of esters is 1. The van der Waals surface area contributed by atoms with Gasteiger partial charge in [0, 0.05) is 0 Å². The number of alkyl halides is 1. The molecule has 0 aliphatic heterocycles. The number of nitrogens with one attached hydrogen (secondary N) is 1. The quantitative estimate of drug-likeness (QED) is 0.613. The summed E-state index contributed by atoms with van der Waals surface area (Å²) < 4.78 is 15.6. The molecule has 1 rings (SSSR count). The number of hydrogen-bond acceptors (Lipinski definition) is 5. The van der Waals surface area contributed by atoms with E-state index in [0.717, 1.165) is 0 Å². The molecule has 0 atom stereocenters. The summed E-state index contributed by atoms with van der Waals surface area (Å²) in [6, 6.07) is 2.66. The summed E-state index contributed by atoms with van der Waals surface area (Å²) in [5.41, 5.74) is -0.339. The standard InChI is InChI=1S/C14H17BrClNO5/c1-14(2,3)22-13(19)17-10-6-9(15)11(20-4)5-8(10)12(18)21-7-16/h5-6H,7H2,1-4H3,(H,17,19). The maximum Gasteiger partial charge on any atom is 0.412 e. The summed E-state index contributed by atoms with van der Waals surface area (Å²) in [6.07, 6.45) is -0.690. The lowest BCUT2D eigenvalue weighted by Crippen LogP contribution is -2.27. The molecule has 0 fully saturated rings. The number of hydrogen-bond donors (Lipinski definition) is 1. The van der Waals surface area contributed by atoms with E-state index in [1.54, 1.807) is 20.8 Å². The van der Waals surface area contributed by atoms with E-state index in [9.17, 15) is 9.59 Å². The molecule has 0 aliphatic carbocycles. The summed E-state index contributed by atoms with van der Waals surface area (Å²) in [7, 11) is 1.46. The first-order valence-electron chi connectivity index (χ1n) is 6.28. The van der Waals surface area contributed by atoms with Gasteiger partial charge in [0.2, 0.25) is 0 Å². The Balaban J connectivity index is 3.13. The van der Waals surface area contributed by atoms with Gasteiger partial charge in [-0.1, -0.05) is 11.6 Å². The largest absolute Gasteiger partial charge is 0.496 e. The Hall–Kier alpha value is -1.47. The lowest BCUT2D eigenvalue weighted by Gasteiger charge is -2.20. The molecule has 0 saturated heterocycles. The summed E-state index contributed by atoms with van der Waals surface area (Å²) in [6.45, 7) is 5.21. The van der Waals surface area contributed by atoms with Gasteiger partial charge in [0.05, 0.1) is 22.8 Å². The van der Waals surface area contributed by atoms with Crippen molar-refractivity contribution in [2.45, 2.75) is 26.4 Å². The third-order valence-electron chi connectivity index (χ3n) is 2.33. The van der Waals surface area contributed by atoms with E-state index in [2.05, 4.69) is 21.2 Å². The molecule has 0 heterocycles. The van der Waals surface area contributed by atoms with Gasteiger partial charge in [0.1, 0.15) is 11.4 Å². The second kappa shape index (κ2) is 7.69. The van der Waals surface area contributed by atoms with Crippen LogP contribution < -0.4 is 10.1 Å². The van der Waals surface area contributed by atoms with Gasteiger partial charge in [-0.05, 0) is 48.8 Å². The van der Waals surface area contributed by atoms with Crippen LogP contribution in [0, 0.1) is 0 Å². The second-order valence-corrected chi connectivity index (χ2v) is 6.27. The molecule has 1 N–H and O–H groups in total. The predicted octanol–water partition coefficient (Wildman–Crippen LogP) is 4.16. The first-order chi connectivity index (χ1) is 10.2. The molecule has 8 heteroatoms. The smallest absolute Gasteiger partial charge is 0.412 e. The fourth-order valence-electron chi connectivity index (χ4n) is 1.52. The molecule has 1 aromatic carbocycles. The van der Waals surface area contributed by atoms with Crippen LogP contribution in [0.5, 0.6) is 5.75 Å². The zero-order valence-corrected chi connectivity index (χ0v) is 15.0. The average molecular weight is 395 g/mol. The van der Waals surface area contributed by atoms with Gasteiger partial charge in [-0.15, -0.1) is 0 Å². The number of carbonyl (C=O) groups is 2. The number of carbonyl (C=O) groups excluding carboxylic acids is 2. The topological polar surface area (TPSA) is 73.9 Å².